The van der Waals surface area contributed by atoms with Crippen molar-refractivity contribution in [1.29, 1.82) is 0 Å². The van der Waals surface area contributed by atoms with Gasteiger partial charge in [-0.05, 0) is 93.6 Å². The highest BCUT2D eigenvalue weighted by Gasteiger charge is 2.12. The van der Waals surface area contributed by atoms with Gasteiger partial charge in [0.1, 0.15) is 0 Å². The Morgan fingerprint density at radius 2 is 0.588 bits per heavy atom. The molecule has 1 nitrogen and oxygen atoms in total. The van der Waals surface area contributed by atoms with Gasteiger partial charge in [-0.2, -0.15) is 0 Å². The third kappa shape index (κ3) is 9.33. The quantitative estimate of drug-likeness (QED) is 0.360. The van der Waals surface area contributed by atoms with Crippen molar-refractivity contribution >= 4 is 17.1 Å². The van der Waals surface area contributed by atoms with Crippen LogP contribution in [0, 0.1) is 35.5 Å². The standard InChI is InChI=1S/C27H21N.3C2H6/c1-4-7-22-10-16-25(17-11-22)28(26-18-12-23(8-5-2)13-19-26)27-20-14-24(9-6-3)15-21-27;3*1-2/h10-21H,1-3H3;3*1-2H3. The van der Waals surface area contributed by atoms with Crippen molar-refractivity contribution in [2.75, 3.05) is 4.90 Å². The Balaban J connectivity index is 0.00000168. The van der Waals surface area contributed by atoms with Crippen molar-refractivity contribution in [3.63, 3.8) is 0 Å². The largest absolute Gasteiger partial charge is 0.311 e. The van der Waals surface area contributed by atoms with E-state index in [0.717, 1.165) is 33.8 Å². The summed E-state index contributed by atoms with van der Waals surface area (Å²) in [6, 6.07) is 24.9. The molecule has 3 rings (SSSR count). The fourth-order valence-electron chi connectivity index (χ4n) is 2.96. The van der Waals surface area contributed by atoms with Gasteiger partial charge in [0.15, 0.2) is 0 Å². The minimum absolute atomic E-state index is 1.01. The highest BCUT2D eigenvalue weighted by Crippen LogP contribution is 2.34. The fraction of sp³-hybridized carbons (Fsp3) is 0.273. The normalized spacial score (nSPS) is 8.03. The van der Waals surface area contributed by atoms with Gasteiger partial charge in [-0.15, -0.1) is 17.8 Å². The van der Waals surface area contributed by atoms with Crippen molar-refractivity contribution in [3.8, 4) is 35.5 Å². The lowest BCUT2D eigenvalue weighted by atomic mass is 10.1. The van der Waals surface area contributed by atoms with Crippen molar-refractivity contribution in [2.24, 2.45) is 0 Å². The van der Waals surface area contributed by atoms with Crippen LogP contribution in [0.1, 0.15) is 79.0 Å². The van der Waals surface area contributed by atoms with Crippen LogP contribution in [0.5, 0.6) is 0 Å². The summed E-state index contributed by atoms with van der Waals surface area (Å²) < 4.78 is 0. The van der Waals surface area contributed by atoms with Crippen LogP contribution in [-0.2, 0) is 0 Å². The van der Waals surface area contributed by atoms with Crippen LogP contribution in [0.2, 0.25) is 0 Å². The summed E-state index contributed by atoms with van der Waals surface area (Å²) >= 11 is 0. The summed E-state index contributed by atoms with van der Waals surface area (Å²) in [5.74, 6) is 18.1. The van der Waals surface area contributed by atoms with Crippen LogP contribution >= 0.6 is 0 Å². The molecule has 0 atom stereocenters. The first-order valence-electron chi connectivity index (χ1n) is 12.1. The number of rotatable bonds is 3. The molecule has 0 fully saturated rings. The van der Waals surface area contributed by atoms with Crippen LogP contribution < -0.4 is 4.90 Å². The molecule has 0 N–H and O–H groups in total. The van der Waals surface area contributed by atoms with E-state index in [4.69, 9.17) is 0 Å². The molecule has 0 radical (unpaired) electrons. The van der Waals surface area contributed by atoms with Crippen LogP contribution in [-0.4, -0.2) is 0 Å². The molecule has 0 saturated carbocycles. The number of benzene rings is 3. The molecule has 0 heterocycles. The fourth-order valence-corrected chi connectivity index (χ4v) is 2.96. The predicted molar refractivity (Wildman–Crippen MR) is 153 cm³/mol. The Bertz CT molecular complexity index is 965. The summed E-state index contributed by atoms with van der Waals surface area (Å²) in [6.45, 7) is 17.5. The molecule has 176 valence electrons. The molecule has 0 aliphatic heterocycles. The van der Waals surface area contributed by atoms with Crippen LogP contribution in [0.25, 0.3) is 0 Å². The van der Waals surface area contributed by atoms with Crippen molar-refractivity contribution in [2.45, 2.75) is 62.3 Å². The van der Waals surface area contributed by atoms with E-state index in [2.05, 4.69) is 76.8 Å². The maximum Gasteiger partial charge on any atom is 0.0462 e. The maximum absolute atomic E-state index is 3.10. The Kier molecular flexibility index (Phi) is 16.6. The maximum atomic E-state index is 3.10. The molecule has 3 aromatic carbocycles. The van der Waals surface area contributed by atoms with Gasteiger partial charge in [0.2, 0.25) is 0 Å². The SMILES string of the molecule is CC.CC.CC.CC#Cc1ccc(N(c2ccc(C#CC)cc2)c2ccc(C#CC)cc2)cc1. The third-order valence-electron chi connectivity index (χ3n) is 4.18. The minimum Gasteiger partial charge on any atom is -0.311 e. The van der Waals surface area contributed by atoms with E-state index < -0.39 is 0 Å². The zero-order chi connectivity index (χ0) is 25.8. The van der Waals surface area contributed by atoms with Gasteiger partial charge in [0.05, 0.1) is 0 Å². The Morgan fingerprint density at radius 1 is 0.382 bits per heavy atom. The van der Waals surface area contributed by atoms with Crippen molar-refractivity contribution in [1.82, 2.24) is 0 Å². The summed E-state index contributed by atoms with van der Waals surface area (Å²) in [5, 5.41) is 0. The first-order valence-corrected chi connectivity index (χ1v) is 12.1. The molecule has 0 amide bonds. The van der Waals surface area contributed by atoms with E-state index in [1.807, 2.05) is 98.7 Å². The summed E-state index contributed by atoms with van der Waals surface area (Å²) in [4.78, 5) is 2.22. The first kappa shape index (κ1) is 30.1. The van der Waals surface area contributed by atoms with Gasteiger partial charge in [-0.3, -0.25) is 0 Å². The zero-order valence-corrected chi connectivity index (χ0v) is 22.4. The van der Waals surface area contributed by atoms with E-state index >= 15 is 0 Å². The Morgan fingerprint density at radius 3 is 0.765 bits per heavy atom. The first-order chi connectivity index (χ1) is 16.7. The molecule has 1 heteroatoms. The van der Waals surface area contributed by atoms with Gasteiger partial charge in [0, 0.05) is 33.8 Å². The van der Waals surface area contributed by atoms with E-state index in [1.165, 1.54) is 0 Å². The van der Waals surface area contributed by atoms with E-state index in [-0.39, 0.29) is 0 Å². The molecule has 0 saturated heterocycles. The van der Waals surface area contributed by atoms with Crippen LogP contribution in [0.4, 0.5) is 17.1 Å². The topological polar surface area (TPSA) is 3.24 Å². The number of nitrogens with zero attached hydrogens (tertiary/aromatic N) is 1. The lowest BCUT2D eigenvalue weighted by molar-refractivity contribution is 1.28. The average molecular weight is 450 g/mol. The van der Waals surface area contributed by atoms with Gasteiger partial charge in [-0.1, -0.05) is 59.3 Å². The lowest BCUT2D eigenvalue weighted by Gasteiger charge is -2.25. The van der Waals surface area contributed by atoms with Gasteiger partial charge < -0.3 is 4.90 Å². The van der Waals surface area contributed by atoms with Crippen LogP contribution in [0.15, 0.2) is 72.8 Å². The molecule has 0 spiro atoms. The molecule has 0 unspecified atom stereocenters. The second-order valence-electron chi connectivity index (χ2n) is 6.10. The molecule has 3 aromatic rings. The summed E-state index contributed by atoms with van der Waals surface area (Å²) in [6.07, 6.45) is 0. The highest BCUT2D eigenvalue weighted by molar-refractivity contribution is 5.77. The molecule has 34 heavy (non-hydrogen) atoms. The molecule has 0 aliphatic carbocycles. The molecular formula is C33H39N. The third-order valence-corrected chi connectivity index (χ3v) is 4.18. The van der Waals surface area contributed by atoms with E-state index in [1.54, 1.807) is 0 Å². The second kappa shape index (κ2) is 18.7. The second-order valence-corrected chi connectivity index (χ2v) is 6.10. The van der Waals surface area contributed by atoms with Crippen molar-refractivity contribution in [3.05, 3.63) is 89.5 Å². The van der Waals surface area contributed by atoms with Gasteiger partial charge in [0.25, 0.3) is 0 Å². The molecule has 0 aliphatic rings. The van der Waals surface area contributed by atoms with E-state index in [0.29, 0.717) is 0 Å². The number of anilines is 3. The lowest BCUT2D eigenvalue weighted by Crippen LogP contribution is -2.09. The zero-order valence-electron chi connectivity index (χ0n) is 22.4. The Labute approximate surface area is 209 Å². The highest BCUT2D eigenvalue weighted by atomic mass is 15.1. The van der Waals surface area contributed by atoms with Gasteiger partial charge in [-0.25, -0.2) is 0 Å². The smallest absolute Gasteiger partial charge is 0.0462 e. The molecule has 0 bridgehead atoms. The van der Waals surface area contributed by atoms with Crippen molar-refractivity contribution < 1.29 is 0 Å². The summed E-state index contributed by atoms with van der Waals surface area (Å²) in [5.41, 5.74) is 6.25. The van der Waals surface area contributed by atoms with E-state index in [9.17, 15) is 0 Å². The average Bonchev–Trinajstić information content (AvgIpc) is 2.91. The monoisotopic (exact) mass is 449 g/mol. The number of hydrogen-bond donors (Lipinski definition) is 0. The molecular weight excluding hydrogens is 410 g/mol. The van der Waals surface area contributed by atoms with Gasteiger partial charge >= 0.3 is 0 Å². The Hall–Kier alpha value is -3.86. The summed E-state index contributed by atoms with van der Waals surface area (Å²) in [7, 11) is 0. The minimum atomic E-state index is 1.01. The number of hydrogen-bond acceptors (Lipinski definition) is 1. The molecule has 0 aromatic heterocycles. The van der Waals surface area contributed by atoms with Crippen LogP contribution in [0.3, 0.4) is 0 Å². The predicted octanol–water partition coefficient (Wildman–Crippen LogP) is 9.35.